The highest BCUT2D eigenvalue weighted by Crippen LogP contribution is 2.81. The Hall–Kier alpha value is -2.21. The molecule has 1 spiro atoms. The molecule has 6 heteroatoms. The molecule has 7 atom stereocenters. The normalized spacial score (nSPS) is 46.4. The van der Waals surface area contributed by atoms with E-state index in [-0.39, 0.29) is 40.7 Å². The number of Topliss-reactive ketones (excluding diaryl/α,β-unsaturated/α-hetero) is 2. The van der Waals surface area contributed by atoms with E-state index in [0.29, 0.717) is 12.8 Å². The van der Waals surface area contributed by atoms with Crippen molar-refractivity contribution in [2.45, 2.75) is 91.3 Å². The van der Waals surface area contributed by atoms with Gasteiger partial charge in [0, 0.05) is 24.2 Å². The average Bonchev–Trinajstić information content (AvgIpc) is 3.11. The molecule has 0 unspecified atom stereocenters. The second-order valence-corrected chi connectivity index (χ2v) is 12.5. The van der Waals surface area contributed by atoms with Gasteiger partial charge in [-0.25, -0.2) is 0 Å². The number of ether oxygens (including phenoxy) is 2. The summed E-state index contributed by atoms with van der Waals surface area (Å²) < 4.78 is 17.8. The molecule has 1 aromatic heterocycles. The van der Waals surface area contributed by atoms with E-state index in [4.69, 9.17) is 13.9 Å². The highest BCUT2D eigenvalue weighted by atomic mass is 16.6. The van der Waals surface area contributed by atoms with Crippen molar-refractivity contribution < 1.29 is 28.3 Å². The largest absolute Gasteiger partial charge is 0.472 e. The summed E-state index contributed by atoms with van der Waals surface area (Å²) in [6.07, 6.45) is 7.30. The molecule has 6 nitrogen and oxygen atoms in total. The summed E-state index contributed by atoms with van der Waals surface area (Å²) in [5.74, 6) is -0.233. The first kappa shape index (κ1) is 22.3. The van der Waals surface area contributed by atoms with Gasteiger partial charge >= 0.3 is 5.97 Å². The number of allylic oxidation sites excluding steroid dienone is 2. The second-order valence-electron chi connectivity index (χ2n) is 12.5. The van der Waals surface area contributed by atoms with Gasteiger partial charge in [-0.2, -0.15) is 0 Å². The molecule has 1 aromatic rings. The van der Waals surface area contributed by atoms with Crippen molar-refractivity contribution in [2.75, 3.05) is 0 Å². The number of fused-ring (bicyclic) bond motifs is 3. The Kier molecular flexibility index (Phi) is 4.13. The van der Waals surface area contributed by atoms with Crippen molar-refractivity contribution in [3.8, 4) is 0 Å². The van der Waals surface area contributed by atoms with Crippen LogP contribution in [0.3, 0.4) is 0 Å². The van der Waals surface area contributed by atoms with Crippen LogP contribution in [0.1, 0.15) is 85.1 Å². The Balaban J connectivity index is 1.58. The molecule has 0 amide bonds. The Labute approximate surface area is 200 Å². The zero-order chi connectivity index (χ0) is 24.5. The standard InChI is InChI=1S/C28H34O6/c1-15(29)33-21-22-24(2,3)19(30)8-10-25(22,4)18-7-11-26(5)17(16-9-12-32-14-16)13-20-28(26,34-20)27(18,6)23(21)31/h9,12,14,17-18,20H,7-8,10-11,13H2,1-6H3/t17-,18+,20+,25+,26-,27-,28+/m0/s1. The SMILES string of the molecule is CC(=O)OC1=C2C(C)(C)C(=O)CC[C@]2(C)[C@H]2CC[C@@]3(C)[C@H](c4ccoc4)C[C@H]4O[C@]43[C@]2(C)C1=O. The molecule has 3 saturated carbocycles. The number of furan rings is 1. The van der Waals surface area contributed by atoms with Crippen molar-refractivity contribution in [3.05, 3.63) is 35.5 Å². The van der Waals surface area contributed by atoms with Crippen LogP contribution in [-0.2, 0) is 23.9 Å². The Bertz CT molecular complexity index is 1160. The fourth-order valence-electron chi connectivity index (χ4n) is 9.45. The van der Waals surface area contributed by atoms with Crippen LogP contribution in [-0.4, -0.2) is 29.2 Å². The molecule has 4 fully saturated rings. The predicted molar refractivity (Wildman–Crippen MR) is 123 cm³/mol. The van der Waals surface area contributed by atoms with Gasteiger partial charge in [0.05, 0.1) is 24.0 Å². The van der Waals surface area contributed by atoms with E-state index >= 15 is 0 Å². The van der Waals surface area contributed by atoms with Crippen LogP contribution in [0.25, 0.3) is 0 Å². The maximum atomic E-state index is 14.6. The van der Waals surface area contributed by atoms with Crippen LogP contribution in [0.15, 0.2) is 34.3 Å². The third-order valence-corrected chi connectivity index (χ3v) is 10.8. The van der Waals surface area contributed by atoms with E-state index in [1.54, 1.807) is 6.26 Å². The predicted octanol–water partition coefficient (Wildman–Crippen LogP) is 5.12. The van der Waals surface area contributed by atoms with Crippen molar-refractivity contribution in [1.29, 1.82) is 0 Å². The van der Waals surface area contributed by atoms with Gasteiger partial charge in [-0.05, 0) is 80.9 Å². The maximum absolute atomic E-state index is 14.6. The first-order valence-electron chi connectivity index (χ1n) is 12.6. The number of carbonyl (C=O) groups excluding carboxylic acids is 3. The third kappa shape index (κ3) is 2.21. The first-order chi connectivity index (χ1) is 15.9. The molecule has 0 radical (unpaired) electrons. The second kappa shape index (κ2) is 6.31. The van der Waals surface area contributed by atoms with Crippen LogP contribution in [0.4, 0.5) is 0 Å². The fourth-order valence-corrected chi connectivity index (χ4v) is 9.45. The monoisotopic (exact) mass is 466 g/mol. The first-order valence-corrected chi connectivity index (χ1v) is 12.6. The van der Waals surface area contributed by atoms with Gasteiger partial charge < -0.3 is 13.9 Å². The highest BCUT2D eigenvalue weighted by molar-refractivity contribution is 6.05. The lowest BCUT2D eigenvalue weighted by molar-refractivity contribution is -0.172. The zero-order valence-corrected chi connectivity index (χ0v) is 20.9. The number of rotatable bonds is 2. The minimum Gasteiger partial charge on any atom is -0.472 e. The Morgan fingerprint density at radius 3 is 2.50 bits per heavy atom. The summed E-state index contributed by atoms with van der Waals surface area (Å²) in [7, 11) is 0. The molecule has 182 valence electrons. The van der Waals surface area contributed by atoms with E-state index < -0.39 is 27.8 Å². The molecule has 0 N–H and O–H groups in total. The number of ketones is 2. The number of carbonyl (C=O) groups is 3. The van der Waals surface area contributed by atoms with Crippen LogP contribution >= 0.6 is 0 Å². The Morgan fingerprint density at radius 2 is 1.85 bits per heavy atom. The van der Waals surface area contributed by atoms with Crippen molar-refractivity contribution >= 4 is 17.5 Å². The van der Waals surface area contributed by atoms with Crippen LogP contribution in [0.2, 0.25) is 0 Å². The van der Waals surface area contributed by atoms with Gasteiger partial charge in [-0.15, -0.1) is 0 Å². The molecule has 1 saturated heterocycles. The van der Waals surface area contributed by atoms with Crippen molar-refractivity contribution in [1.82, 2.24) is 0 Å². The number of hydrogen-bond acceptors (Lipinski definition) is 6. The minimum atomic E-state index is -0.855. The van der Waals surface area contributed by atoms with Crippen LogP contribution in [0.5, 0.6) is 0 Å². The summed E-state index contributed by atoms with van der Waals surface area (Å²) >= 11 is 0. The highest BCUT2D eigenvalue weighted by Gasteiger charge is 2.87. The third-order valence-electron chi connectivity index (χ3n) is 10.8. The van der Waals surface area contributed by atoms with Crippen molar-refractivity contribution in [3.63, 3.8) is 0 Å². The fraction of sp³-hybridized carbons (Fsp3) is 0.679. The van der Waals surface area contributed by atoms with E-state index in [0.717, 1.165) is 30.4 Å². The van der Waals surface area contributed by atoms with E-state index in [2.05, 4.69) is 20.8 Å². The lowest BCUT2D eigenvalue weighted by atomic mass is 9.38. The average molecular weight is 467 g/mol. The van der Waals surface area contributed by atoms with Gasteiger partial charge in [0.15, 0.2) is 5.76 Å². The van der Waals surface area contributed by atoms with Gasteiger partial charge in [0.2, 0.25) is 5.78 Å². The molecular formula is C28H34O6. The minimum absolute atomic E-state index is 0.00959. The molecule has 5 aliphatic rings. The van der Waals surface area contributed by atoms with E-state index in [1.807, 2.05) is 26.2 Å². The van der Waals surface area contributed by atoms with Gasteiger partial charge in [0.25, 0.3) is 0 Å². The summed E-state index contributed by atoms with van der Waals surface area (Å²) in [4.78, 5) is 39.9. The summed E-state index contributed by atoms with van der Waals surface area (Å²) in [5.41, 5.74) is -1.10. The molecule has 0 aromatic carbocycles. The molecule has 1 aliphatic heterocycles. The smallest absolute Gasteiger partial charge is 0.308 e. The van der Waals surface area contributed by atoms with Gasteiger partial charge in [0.1, 0.15) is 11.4 Å². The summed E-state index contributed by atoms with van der Waals surface area (Å²) in [5, 5.41) is 0. The lowest BCUT2D eigenvalue weighted by Crippen LogP contribution is -2.67. The van der Waals surface area contributed by atoms with Gasteiger partial charge in [-0.1, -0.05) is 13.8 Å². The zero-order valence-electron chi connectivity index (χ0n) is 20.9. The Morgan fingerprint density at radius 1 is 1.12 bits per heavy atom. The van der Waals surface area contributed by atoms with Gasteiger partial charge in [-0.3, -0.25) is 14.4 Å². The maximum Gasteiger partial charge on any atom is 0.308 e. The molecular weight excluding hydrogens is 432 g/mol. The molecule has 6 rings (SSSR count). The topological polar surface area (TPSA) is 86.1 Å². The van der Waals surface area contributed by atoms with E-state index in [1.165, 1.54) is 6.92 Å². The van der Waals surface area contributed by atoms with Crippen LogP contribution in [0, 0.1) is 27.6 Å². The quantitative estimate of drug-likeness (QED) is 0.444. The molecule has 34 heavy (non-hydrogen) atoms. The number of epoxide rings is 1. The summed E-state index contributed by atoms with van der Waals surface area (Å²) in [6.45, 7) is 11.6. The number of hydrogen-bond donors (Lipinski definition) is 0. The van der Waals surface area contributed by atoms with Crippen molar-refractivity contribution in [2.24, 2.45) is 27.6 Å². The van der Waals surface area contributed by atoms with E-state index in [9.17, 15) is 14.4 Å². The lowest BCUT2D eigenvalue weighted by Gasteiger charge is -2.63. The molecule has 4 aliphatic carbocycles. The molecule has 0 bridgehead atoms. The summed E-state index contributed by atoms with van der Waals surface area (Å²) in [6, 6.07) is 2.03. The van der Waals surface area contributed by atoms with Crippen LogP contribution < -0.4 is 0 Å². The number of esters is 1. The molecule has 2 heterocycles.